The zero-order chi connectivity index (χ0) is 16.3. The Morgan fingerprint density at radius 3 is 1.65 bits per heavy atom. The predicted molar refractivity (Wildman–Crippen MR) is 117 cm³/mol. The molecular formula is C21H39P2+. The van der Waals surface area contributed by atoms with Gasteiger partial charge in [0.25, 0.3) is 0 Å². The van der Waals surface area contributed by atoms with Gasteiger partial charge in [-0.15, -0.1) is 0 Å². The zero-order valence-electron chi connectivity index (χ0n) is 15.8. The highest BCUT2D eigenvalue weighted by Gasteiger charge is 2.43. The van der Waals surface area contributed by atoms with Crippen molar-refractivity contribution >= 4 is 17.2 Å². The molecule has 2 atom stereocenters. The first kappa shape index (κ1) is 22.8. The van der Waals surface area contributed by atoms with E-state index < -0.39 is 7.26 Å². The Balaban J connectivity index is 0.00000484. The summed E-state index contributed by atoms with van der Waals surface area (Å²) in [7, 11) is -0.996. The van der Waals surface area contributed by atoms with Crippen LogP contribution in [0.2, 0.25) is 0 Å². The molecule has 0 N–H and O–H groups in total. The lowest BCUT2D eigenvalue weighted by molar-refractivity contribution is 0.825. The molecular weight excluding hydrogens is 314 g/mol. The summed E-state index contributed by atoms with van der Waals surface area (Å²) >= 11 is 0. The first-order chi connectivity index (χ1) is 10.7. The maximum atomic E-state index is 4.26. The lowest BCUT2D eigenvalue weighted by Crippen LogP contribution is -2.15. The van der Waals surface area contributed by atoms with Gasteiger partial charge in [-0.3, -0.25) is 0 Å². The van der Waals surface area contributed by atoms with Gasteiger partial charge in [-0.05, 0) is 30.9 Å². The first-order valence-corrected chi connectivity index (χ1v) is 11.7. The molecule has 1 aromatic rings. The summed E-state index contributed by atoms with van der Waals surface area (Å²) in [4.78, 5) is 0. The van der Waals surface area contributed by atoms with Crippen LogP contribution in [0.15, 0.2) is 43.0 Å². The maximum Gasteiger partial charge on any atom is 0.112 e. The molecule has 0 bridgehead atoms. The van der Waals surface area contributed by atoms with Crippen molar-refractivity contribution in [2.24, 2.45) is 0 Å². The van der Waals surface area contributed by atoms with E-state index >= 15 is 0 Å². The largest absolute Gasteiger partial charge is 0.153 e. The highest BCUT2D eigenvalue weighted by Crippen LogP contribution is 2.71. The third kappa shape index (κ3) is 7.07. The van der Waals surface area contributed by atoms with E-state index in [1.54, 1.807) is 0 Å². The molecule has 0 amide bonds. The monoisotopic (exact) mass is 353 g/mol. The van der Waals surface area contributed by atoms with Gasteiger partial charge in [0.05, 0.1) is 18.5 Å². The van der Waals surface area contributed by atoms with Crippen LogP contribution < -0.4 is 0 Å². The van der Waals surface area contributed by atoms with E-state index in [0.29, 0.717) is 5.66 Å². The lowest BCUT2D eigenvalue weighted by Gasteiger charge is -2.34. The Hall–Kier alpha value is -0.180. The average molecular weight is 353 g/mol. The van der Waals surface area contributed by atoms with Gasteiger partial charge in [0.1, 0.15) is 5.66 Å². The molecule has 0 saturated carbocycles. The molecule has 0 nitrogen and oxygen atoms in total. The molecule has 23 heavy (non-hydrogen) atoms. The standard InChI is InChI=1S/C21H36P.H3P/c1-5-9-17-22(18-10-6-2,19-11-7-3)21(8-4)20-15-13-12-14-16-20;/h8,12-16,21H,4-7,9-11,17-19H2,1-3H3;1H3/q+1;. The topological polar surface area (TPSA) is 0 Å². The molecule has 132 valence electrons. The number of benzene rings is 1. The lowest BCUT2D eigenvalue weighted by atomic mass is 10.1. The molecule has 0 saturated heterocycles. The van der Waals surface area contributed by atoms with Gasteiger partial charge in [0.2, 0.25) is 0 Å². The van der Waals surface area contributed by atoms with Crippen LogP contribution in [0, 0.1) is 0 Å². The molecule has 0 aliphatic rings. The molecule has 2 heteroatoms. The number of rotatable bonds is 12. The van der Waals surface area contributed by atoms with Crippen molar-refractivity contribution in [1.29, 1.82) is 0 Å². The van der Waals surface area contributed by atoms with Crippen molar-refractivity contribution in [2.75, 3.05) is 18.5 Å². The van der Waals surface area contributed by atoms with E-state index in [9.17, 15) is 0 Å². The molecule has 0 heterocycles. The third-order valence-corrected chi connectivity index (χ3v) is 10.1. The number of allylic oxidation sites excluding steroid dienone is 1. The Morgan fingerprint density at radius 2 is 1.30 bits per heavy atom. The third-order valence-electron chi connectivity index (χ3n) is 4.83. The number of hydrogen-bond donors (Lipinski definition) is 0. The minimum atomic E-state index is -0.996. The highest BCUT2D eigenvalue weighted by atomic mass is 31.2. The summed E-state index contributed by atoms with van der Waals surface area (Å²) in [6.45, 7) is 11.3. The molecule has 0 aliphatic carbocycles. The average Bonchev–Trinajstić information content (AvgIpc) is 2.57. The summed E-state index contributed by atoms with van der Waals surface area (Å²) in [5.41, 5.74) is 2.12. The van der Waals surface area contributed by atoms with Crippen LogP contribution in [0.25, 0.3) is 0 Å². The van der Waals surface area contributed by atoms with Crippen molar-refractivity contribution in [1.82, 2.24) is 0 Å². The summed E-state index contributed by atoms with van der Waals surface area (Å²) in [6.07, 6.45) is 14.8. The van der Waals surface area contributed by atoms with Crippen LogP contribution in [-0.4, -0.2) is 18.5 Å². The van der Waals surface area contributed by atoms with Gasteiger partial charge in [0, 0.05) is 7.26 Å². The minimum absolute atomic E-state index is 0. The van der Waals surface area contributed by atoms with Gasteiger partial charge in [-0.1, -0.05) is 76.9 Å². The van der Waals surface area contributed by atoms with Crippen molar-refractivity contribution in [3.8, 4) is 0 Å². The summed E-state index contributed by atoms with van der Waals surface area (Å²) in [6, 6.07) is 11.2. The molecule has 0 aliphatic heterocycles. The van der Waals surface area contributed by atoms with Gasteiger partial charge in [0.15, 0.2) is 0 Å². The molecule has 0 fully saturated rings. The van der Waals surface area contributed by atoms with Crippen LogP contribution in [0.1, 0.15) is 70.5 Å². The SMILES string of the molecule is C=CC(c1ccccc1)[P+](CCCC)(CCCC)CCCC.P. The van der Waals surface area contributed by atoms with Crippen molar-refractivity contribution in [3.63, 3.8) is 0 Å². The Labute approximate surface area is 149 Å². The Bertz CT molecular complexity index is 378. The van der Waals surface area contributed by atoms with Crippen LogP contribution in [0.5, 0.6) is 0 Å². The fraction of sp³-hybridized carbons (Fsp3) is 0.619. The quantitative estimate of drug-likeness (QED) is 0.271. The van der Waals surface area contributed by atoms with Gasteiger partial charge in [-0.2, -0.15) is 9.90 Å². The van der Waals surface area contributed by atoms with Crippen molar-refractivity contribution < 1.29 is 0 Å². The molecule has 2 unspecified atom stereocenters. The van der Waals surface area contributed by atoms with Crippen LogP contribution in [0.3, 0.4) is 0 Å². The molecule has 0 aromatic heterocycles. The summed E-state index contributed by atoms with van der Waals surface area (Å²) in [5, 5.41) is 0. The number of unbranched alkanes of at least 4 members (excludes halogenated alkanes) is 3. The zero-order valence-corrected chi connectivity index (χ0v) is 18.1. The summed E-state index contributed by atoms with van der Waals surface area (Å²) < 4.78 is 0. The van der Waals surface area contributed by atoms with Gasteiger partial charge < -0.3 is 0 Å². The van der Waals surface area contributed by atoms with Crippen LogP contribution >= 0.6 is 17.2 Å². The van der Waals surface area contributed by atoms with E-state index in [1.807, 2.05) is 0 Å². The molecule has 0 spiro atoms. The number of hydrogen-bond acceptors (Lipinski definition) is 0. The van der Waals surface area contributed by atoms with Crippen molar-refractivity contribution in [2.45, 2.75) is 65.0 Å². The molecule has 1 aromatic carbocycles. The second kappa shape index (κ2) is 13.1. The van der Waals surface area contributed by atoms with Gasteiger partial charge >= 0.3 is 0 Å². The normalized spacial score (nSPS) is 12.5. The second-order valence-electron chi connectivity index (χ2n) is 6.54. The smallest absolute Gasteiger partial charge is 0.112 e. The van der Waals surface area contributed by atoms with Crippen LogP contribution in [0.4, 0.5) is 0 Å². The van der Waals surface area contributed by atoms with E-state index in [-0.39, 0.29) is 9.90 Å². The predicted octanol–water partition coefficient (Wildman–Crippen LogP) is 7.39. The Kier molecular flexibility index (Phi) is 13.0. The van der Waals surface area contributed by atoms with E-state index in [1.165, 1.54) is 62.6 Å². The van der Waals surface area contributed by atoms with E-state index in [0.717, 1.165) is 0 Å². The highest BCUT2D eigenvalue weighted by molar-refractivity contribution is 7.76. The fourth-order valence-electron chi connectivity index (χ4n) is 3.50. The molecule has 1 rings (SSSR count). The fourth-order valence-corrected chi connectivity index (χ4v) is 9.09. The van der Waals surface area contributed by atoms with Crippen molar-refractivity contribution in [3.05, 3.63) is 48.6 Å². The molecule has 0 radical (unpaired) electrons. The van der Waals surface area contributed by atoms with E-state index in [4.69, 9.17) is 0 Å². The summed E-state index contributed by atoms with van der Waals surface area (Å²) in [5.74, 6) is 0. The van der Waals surface area contributed by atoms with Crippen LogP contribution in [-0.2, 0) is 0 Å². The Morgan fingerprint density at radius 1 is 0.870 bits per heavy atom. The van der Waals surface area contributed by atoms with Gasteiger partial charge in [-0.25, -0.2) is 0 Å². The van der Waals surface area contributed by atoms with E-state index in [2.05, 4.69) is 63.8 Å². The second-order valence-corrected chi connectivity index (χ2v) is 10.9. The minimum Gasteiger partial charge on any atom is -0.153 e. The first-order valence-electron chi connectivity index (χ1n) is 9.27. The maximum absolute atomic E-state index is 4.26.